The van der Waals surface area contributed by atoms with Crippen LogP contribution in [0.15, 0.2) is 18.2 Å². The van der Waals surface area contributed by atoms with Crippen molar-refractivity contribution in [3.8, 4) is 5.75 Å². The van der Waals surface area contributed by atoms with E-state index in [2.05, 4.69) is 10.3 Å². The van der Waals surface area contributed by atoms with E-state index < -0.39 is 11.9 Å². The van der Waals surface area contributed by atoms with Crippen molar-refractivity contribution >= 4 is 23.3 Å². The number of rotatable bonds is 5. The Kier molecular flexibility index (Phi) is 5.03. The first-order chi connectivity index (χ1) is 12.8. The average molecular weight is 370 g/mol. The van der Waals surface area contributed by atoms with Crippen molar-refractivity contribution in [1.29, 1.82) is 0 Å². The highest BCUT2D eigenvalue weighted by atomic mass is 16.5. The second-order valence-electron chi connectivity index (χ2n) is 6.89. The lowest BCUT2D eigenvalue weighted by Gasteiger charge is -2.15. The smallest absolute Gasteiger partial charge is 0.335 e. The molecule has 1 amide bonds. The van der Waals surface area contributed by atoms with E-state index in [4.69, 9.17) is 4.74 Å². The van der Waals surface area contributed by atoms with Crippen molar-refractivity contribution in [3.05, 3.63) is 46.3 Å². The van der Waals surface area contributed by atoms with Crippen LogP contribution in [0.3, 0.4) is 0 Å². The Labute approximate surface area is 156 Å². The maximum Gasteiger partial charge on any atom is 0.335 e. The molecule has 27 heavy (non-hydrogen) atoms. The first kappa shape index (κ1) is 18.7. The number of ether oxygens (including phenoxy) is 1. The third-order valence-corrected chi connectivity index (χ3v) is 4.50. The van der Waals surface area contributed by atoms with Crippen molar-refractivity contribution in [2.24, 2.45) is 0 Å². The molecular formula is C20H22N2O5. The number of aryl methyl sites for hydroxylation is 1. The summed E-state index contributed by atoms with van der Waals surface area (Å²) >= 11 is 0. The van der Waals surface area contributed by atoms with Crippen LogP contribution in [0.2, 0.25) is 0 Å². The molecule has 0 atom stereocenters. The van der Waals surface area contributed by atoms with E-state index in [0.717, 1.165) is 18.5 Å². The van der Waals surface area contributed by atoms with E-state index in [1.807, 2.05) is 13.8 Å². The number of carboxylic acids is 1. The Morgan fingerprint density at radius 2 is 2.00 bits per heavy atom. The van der Waals surface area contributed by atoms with Crippen molar-refractivity contribution in [2.75, 3.05) is 5.32 Å². The normalized spacial score (nSPS) is 13.4. The summed E-state index contributed by atoms with van der Waals surface area (Å²) in [5.41, 5.74) is 2.63. The van der Waals surface area contributed by atoms with Crippen LogP contribution in [0.1, 0.15) is 69.2 Å². The second-order valence-corrected chi connectivity index (χ2v) is 6.89. The highest BCUT2D eigenvalue weighted by Gasteiger charge is 2.26. The van der Waals surface area contributed by atoms with E-state index >= 15 is 0 Å². The summed E-state index contributed by atoms with van der Waals surface area (Å²) in [6, 6.07) is 4.31. The summed E-state index contributed by atoms with van der Waals surface area (Å²) in [7, 11) is 0. The van der Waals surface area contributed by atoms with Crippen molar-refractivity contribution in [1.82, 2.24) is 4.98 Å². The fourth-order valence-electron chi connectivity index (χ4n) is 3.30. The summed E-state index contributed by atoms with van der Waals surface area (Å²) < 4.78 is 5.67. The van der Waals surface area contributed by atoms with Crippen LogP contribution in [0.25, 0.3) is 0 Å². The number of aromatic nitrogens is 1. The zero-order chi connectivity index (χ0) is 19.7. The molecule has 0 saturated carbocycles. The molecule has 0 unspecified atom stereocenters. The van der Waals surface area contributed by atoms with E-state index in [1.54, 1.807) is 6.92 Å². The van der Waals surface area contributed by atoms with Crippen LogP contribution in [0, 0.1) is 6.92 Å². The molecule has 0 aliphatic heterocycles. The molecule has 1 aliphatic carbocycles. The standard InChI is InChI=1S/C20H22N2O5/c1-10(2)27-16-8-7-12(20(25)26)9-14(16)22-19(24)18-11(3)17-13(21-18)5-4-6-15(17)23/h7-10,21H,4-6H2,1-3H3,(H,22,24)(H,25,26). The Balaban J connectivity index is 1.95. The number of fused-ring (bicyclic) bond motifs is 1. The number of amides is 1. The molecule has 1 heterocycles. The summed E-state index contributed by atoms with van der Waals surface area (Å²) in [5.74, 6) is -1.11. The predicted molar refractivity (Wildman–Crippen MR) is 99.9 cm³/mol. The zero-order valence-electron chi connectivity index (χ0n) is 15.5. The van der Waals surface area contributed by atoms with Crippen LogP contribution in [0.5, 0.6) is 5.75 Å². The number of Topliss-reactive ketones (excluding diaryl/α,β-unsaturated/α-hetero) is 1. The maximum absolute atomic E-state index is 12.8. The molecule has 0 spiro atoms. The zero-order valence-corrected chi connectivity index (χ0v) is 15.5. The van der Waals surface area contributed by atoms with Crippen LogP contribution < -0.4 is 10.1 Å². The molecule has 7 nitrogen and oxygen atoms in total. The molecule has 0 fully saturated rings. The van der Waals surface area contributed by atoms with Gasteiger partial charge >= 0.3 is 5.97 Å². The second kappa shape index (κ2) is 7.26. The third-order valence-electron chi connectivity index (χ3n) is 4.50. The van der Waals surface area contributed by atoms with Gasteiger partial charge in [-0.25, -0.2) is 4.79 Å². The van der Waals surface area contributed by atoms with Gasteiger partial charge in [-0.1, -0.05) is 0 Å². The van der Waals surface area contributed by atoms with E-state index in [9.17, 15) is 19.5 Å². The lowest BCUT2D eigenvalue weighted by atomic mass is 9.94. The summed E-state index contributed by atoms with van der Waals surface area (Å²) in [4.78, 5) is 39.3. The minimum absolute atomic E-state index is 0.0408. The highest BCUT2D eigenvalue weighted by molar-refractivity contribution is 6.09. The Hall–Kier alpha value is -3.09. The molecule has 1 aromatic carbocycles. The van der Waals surface area contributed by atoms with E-state index in [1.165, 1.54) is 18.2 Å². The average Bonchev–Trinajstić information content (AvgIpc) is 2.94. The van der Waals surface area contributed by atoms with Gasteiger partial charge in [0.1, 0.15) is 11.4 Å². The van der Waals surface area contributed by atoms with Gasteiger partial charge < -0.3 is 20.1 Å². The molecule has 1 aromatic heterocycles. The molecule has 3 N–H and O–H groups in total. The van der Waals surface area contributed by atoms with Crippen LogP contribution >= 0.6 is 0 Å². The summed E-state index contributed by atoms with van der Waals surface area (Å²) in [5, 5.41) is 11.9. The maximum atomic E-state index is 12.8. The quantitative estimate of drug-likeness (QED) is 0.745. The lowest BCUT2D eigenvalue weighted by molar-refractivity contribution is 0.0696. The predicted octanol–water partition coefficient (Wildman–Crippen LogP) is 3.58. The molecular weight excluding hydrogens is 348 g/mol. The molecule has 2 aromatic rings. The molecule has 142 valence electrons. The SMILES string of the molecule is Cc1c(C(=O)Nc2cc(C(=O)O)ccc2OC(C)C)[nH]c2c1C(=O)CCC2. The number of aromatic carboxylic acids is 1. The van der Waals surface area contributed by atoms with E-state index in [-0.39, 0.29) is 23.1 Å². The number of hydrogen-bond acceptors (Lipinski definition) is 4. The lowest BCUT2D eigenvalue weighted by Crippen LogP contribution is -2.16. The first-order valence-corrected chi connectivity index (χ1v) is 8.88. The number of aromatic amines is 1. The third kappa shape index (κ3) is 3.72. The number of carboxylic acid groups (broad SMARTS) is 1. The van der Waals surface area contributed by atoms with Gasteiger partial charge in [0.15, 0.2) is 5.78 Å². The number of nitrogens with one attached hydrogen (secondary N) is 2. The van der Waals surface area contributed by atoms with Gasteiger partial charge in [-0.3, -0.25) is 9.59 Å². The molecule has 1 aliphatic rings. The van der Waals surface area contributed by atoms with E-state index in [0.29, 0.717) is 29.0 Å². The Bertz CT molecular complexity index is 927. The number of carbonyl (C=O) groups is 3. The van der Waals surface area contributed by atoms with Gasteiger partial charge in [0.2, 0.25) is 0 Å². The van der Waals surface area contributed by atoms with Gasteiger partial charge in [0, 0.05) is 17.7 Å². The Morgan fingerprint density at radius 1 is 1.26 bits per heavy atom. The van der Waals surface area contributed by atoms with Crippen LogP contribution in [-0.2, 0) is 6.42 Å². The number of hydrogen-bond donors (Lipinski definition) is 3. The van der Waals surface area contributed by atoms with Gasteiger partial charge in [-0.2, -0.15) is 0 Å². The van der Waals surface area contributed by atoms with Gasteiger partial charge in [-0.05, 0) is 57.4 Å². The number of ketones is 1. The number of carbonyl (C=O) groups excluding carboxylic acids is 2. The molecule has 0 saturated heterocycles. The fraction of sp³-hybridized carbons (Fsp3) is 0.350. The number of H-pyrrole nitrogens is 1. The highest BCUT2D eigenvalue weighted by Crippen LogP contribution is 2.30. The van der Waals surface area contributed by atoms with Crippen molar-refractivity contribution in [2.45, 2.75) is 46.1 Å². The van der Waals surface area contributed by atoms with Gasteiger partial charge in [0.05, 0.1) is 17.4 Å². The largest absolute Gasteiger partial charge is 0.489 e. The summed E-state index contributed by atoms with van der Waals surface area (Å²) in [6.45, 7) is 5.42. The first-order valence-electron chi connectivity index (χ1n) is 8.88. The van der Waals surface area contributed by atoms with Crippen LogP contribution in [0.4, 0.5) is 5.69 Å². The van der Waals surface area contributed by atoms with Crippen LogP contribution in [-0.4, -0.2) is 33.9 Å². The summed E-state index contributed by atoms with van der Waals surface area (Å²) in [6.07, 6.45) is 1.83. The topological polar surface area (TPSA) is 108 Å². The molecule has 7 heteroatoms. The molecule has 0 radical (unpaired) electrons. The fourth-order valence-corrected chi connectivity index (χ4v) is 3.30. The van der Waals surface area contributed by atoms with Crippen molar-refractivity contribution < 1.29 is 24.2 Å². The molecule has 0 bridgehead atoms. The van der Waals surface area contributed by atoms with Gasteiger partial charge in [0.25, 0.3) is 5.91 Å². The number of benzene rings is 1. The minimum atomic E-state index is -1.10. The minimum Gasteiger partial charge on any atom is -0.489 e. The Morgan fingerprint density at radius 3 is 2.63 bits per heavy atom. The molecule has 3 rings (SSSR count). The number of anilines is 1. The van der Waals surface area contributed by atoms with Gasteiger partial charge in [-0.15, -0.1) is 0 Å². The monoisotopic (exact) mass is 370 g/mol. The van der Waals surface area contributed by atoms with Crippen molar-refractivity contribution in [3.63, 3.8) is 0 Å².